The third-order valence-electron chi connectivity index (χ3n) is 1.90. The molecule has 0 aliphatic carbocycles. The molecule has 0 bridgehead atoms. The van der Waals surface area contributed by atoms with Crippen molar-refractivity contribution in [1.29, 1.82) is 0 Å². The first-order valence-electron chi connectivity index (χ1n) is 3.83. The van der Waals surface area contributed by atoms with Gasteiger partial charge in [-0.1, -0.05) is 0 Å². The molecule has 2 rings (SSSR count). The summed E-state index contributed by atoms with van der Waals surface area (Å²) >= 11 is 0. The molecule has 0 fully saturated rings. The van der Waals surface area contributed by atoms with Crippen molar-refractivity contribution < 1.29 is 4.39 Å². The number of H-pyrrole nitrogens is 1. The van der Waals surface area contributed by atoms with E-state index < -0.39 is 0 Å². The van der Waals surface area contributed by atoms with Crippen LogP contribution < -0.4 is 5.43 Å². The largest absolute Gasteiger partial charge is 0.287 e. The first-order chi connectivity index (χ1) is 6.18. The van der Waals surface area contributed by atoms with Crippen molar-refractivity contribution in [2.75, 3.05) is 0 Å². The minimum atomic E-state index is -0.381. The van der Waals surface area contributed by atoms with Gasteiger partial charge in [0, 0.05) is 5.39 Å². The number of nitrogens with zero attached hydrogens (tertiary/aromatic N) is 1. The fraction of sp³-hybridized carbons (Fsp3) is 0.111. The molecule has 0 aliphatic heterocycles. The summed E-state index contributed by atoms with van der Waals surface area (Å²) in [6, 6.07) is 3.97. The van der Waals surface area contributed by atoms with Gasteiger partial charge < -0.3 is 0 Å². The molecule has 0 atom stereocenters. The van der Waals surface area contributed by atoms with Gasteiger partial charge in [0.1, 0.15) is 11.5 Å². The lowest BCUT2D eigenvalue weighted by Gasteiger charge is -1.97. The highest BCUT2D eigenvalue weighted by Crippen LogP contribution is 2.08. The second-order valence-corrected chi connectivity index (χ2v) is 2.83. The first kappa shape index (κ1) is 7.91. The molecule has 2 aromatic rings. The zero-order chi connectivity index (χ0) is 9.42. The maximum Gasteiger partial charge on any atom is 0.210 e. The van der Waals surface area contributed by atoms with Gasteiger partial charge in [-0.15, -0.1) is 0 Å². The molecule has 13 heavy (non-hydrogen) atoms. The van der Waals surface area contributed by atoms with E-state index in [2.05, 4.69) is 10.2 Å². The average Bonchev–Trinajstić information content (AvgIpc) is 2.12. The Morgan fingerprint density at radius 2 is 2.23 bits per heavy atom. The number of nitrogens with one attached hydrogen (secondary N) is 1. The Hall–Kier alpha value is -1.71. The Bertz CT molecular complexity index is 518. The zero-order valence-corrected chi connectivity index (χ0v) is 6.97. The SMILES string of the molecule is Cc1n[nH]c2cc(F)ccc2c1=O. The van der Waals surface area contributed by atoms with Crippen LogP contribution in [-0.4, -0.2) is 10.2 Å². The fourth-order valence-electron chi connectivity index (χ4n) is 1.20. The molecule has 0 amide bonds. The quantitative estimate of drug-likeness (QED) is 0.662. The number of fused-ring (bicyclic) bond motifs is 1. The third-order valence-corrected chi connectivity index (χ3v) is 1.90. The van der Waals surface area contributed by atoms with Crippen molar-refractivity contribution in [3.8, 4) is 0 Å². The standard InChI is InChI=1S/C9H7FN2O/c1-5-9(13)7-3-2-6(10)4-8(7)12-11-5/h2-4H,1H3,(H,12,13). The van der Waals surface area contributed by atoms with Gasteiger partial charge >= 0.3 is 0 Å². The third kappa shape index (κ3) is 1.20. The van der Waals surface area contributed by atoms with E-state index in [0.717, 1.165) is 0 Å². The highest BCUT2D eigenvalue weighted by Gasteiger charge is 2.02. The Morgan fingerprint density at radius 1 is 1.46 bits per heavy atom. The molecule has 0 radical (unpaired) electrons. The molecule has 0 spiro atoms. The van der Waals surface area contributed by atoms with Crippen LogP contribution >= 0.6 is 0 Å². The number of benzene rings is 1. The molecule has 4 heteroatoms. The number of hydrogen-bond acceptors (Lipinski definition) is 2. The molecule has 1 heterocycles. The van der Waals surface area contributed by atoms with Gasteiger partial charge in [0.25, 0.3) is 0 Å². The predicted molar refractivity (Wildman–Crippen MR) is 47.1 cm³/mol. The van der Waals surface area contributed by atoms with Crippen LogP contribution in [0.1, 0.15) is 5.69 Å². The Kier molecular flexibility index (Phi) is 1.62. The number of aryl methyl sites for hydroxylation is 1. The lowest BCUT2D eigenvalue weighted by atomic mass is 10.2. The van der Waals surface area contributed by atoms with Crippen LogP contribution in [0.3, 0.4) is 0 Å². The number of halogens is 1. The molecular formula is C9H7FN2O. The van der Waals surface area contributed by atoms with E-state index in [4.69, 9.17) is 0 Å². The Morgan fingerprint density at radius 3 is 3.00 bits per heavy atom. The smallest absolute Gasteiger partial charge is 0.210 e. The van der Waals surface area contributed by atoms with Gasteiger partial charge in [0.2, 0.25) is 5.43 Å². The van der Waals surface area contributed by atoms with Gasteiger partial charge in [-0.25, -0.2) is 4.39 Å². The first-order valence-corrected chi connectivity index (χ1v) is 3.83. The molecule has 1 aromatic carbocycles. The van der Waals surface area contributed by atoms with E-state index in [1.807, 2.05) is 0 Å². The van der Waals surface area contributed by atoms with Crippen molar-refractivity contribution in [3.63, 3.8) is 0 Å². The van der Waals surface area contributed by atoms with Crippen molar-refractivity contribution in [1.82, 2.24) is 10.2 Å². The fourth-order valence-corrected chi connectivity index (χ4v) is 1.20. The molecule has 0 saturated heterocycles. The van der Waals surface area contributed by atoms with Crippen LogP contribution in [0.2, 0.25) is 0 Å². The van der Waals surface area contributed by atoms with Gasteiger partial charge in [-0.05, 0) is 25.1 Å². The molecular weight excluding hydrogens is 171 g/mol. The number of aromatic amines is 1. The van der Waals surface area contributed by atoms with Crippen LogP contribution in [0.15, 0.2) is 23.0 Å². The second kappa shape index (κ2) is 2.65. The summed E-state index contributed by atoms with van der Waals surface area (Å²) in [6.45, 7) is 1.61. The van der Waals surface area contributed by atoms with E-state index in [1.54, 1.807) is 6.92 Å². The molecule has 66 valence electrons. The van der Waals surface area contributed by atoms with E-state index in [9.17, 15) is 9.18 Å². The molecule has 0 aliphatic rings. The highest BCUT2D eigenvalue weighted by atomic mass is 19.1. The monoisotopic (exact) mass is 178 g/mol. The zero-order valence-electron chi connectivity index (χ0n) is 6.97. The Labute approximate surface area is 73.2 Å². The normalized spacial score (nSPS) is 10.6. The summed E-state index contributed by atoms with van der Waals surface area (Å²) in [4.78, 5) is 11.4. The van der Waals surface area contributed by atoms with Crippen LogP contribution in [-0.2, 0) is 0 Å². The van der Waals surface area contributed by atoms with E-state index in [-0.39, 0.29) is 11.2 Å². The molecule has 1 aromatic heterocycles. The van der Waals surface area contributed by atoms with E-state index >= 15 is 0 Å². The molecule has 0 unspecified atom stereocenters. The average molecular weight is 178 g/mol. The van der Waals surface area contributed by atoms with Crippen molar-refractivity contribution >= 4 is 10.9 Å². The van der Waals surface area contributed by atoms with Crippen LogP contribution in [0, 0.1) is 12.7 Å². The maximum absolute atomic E-state index is 12.7. The van der Waals surface area contributed by atoms with Crippen molar-refractivity contribution in [2.24, 2.45) is 0 Å². The number of rotatable bonds is 0. The van der Waals surface area contributed by atoms with Crippen molar-refractivity contribution in [2.45, 2.75) is 6.92 Å². The van der Waals surface area contributed by atoms with Crippen LogP contribution in [0.4, 0.5) is 4.39 Å². The summed E-state index contributed by atoms with van der Waals surface area (Å²) in [5.74, 6) is -0.381. The summed E-state index contributed by atoms with van der Waals surface area (Å²) in [7, 11) is 0. The van der Waals surface area contributed by atoms with Crippen molar-refractivity contribution in [3.05, 3.63) is 39.9 Å². The van der Waals surface area contributed by atoms with Crippen LogP contribution in [0.25, 0.3) is 10.9 Å². The highest BCUT2D eigenvalue weighted by molar-refractivity contribution is 5.77. The minimum Gasteiger partial charge on any atom is -0.287 e. The summed E-state index contributed by atoms with van der Waals surface area (Å²) in [6.07, 6.45) is 0. The van der Waals surface area contributed by atoms with E-state index in [1.165, 1.54) is 18.2 Å². The summed E-state index contributed by atoms with van der Waals surface area (Å²) in [5, 5.41) is 6.82. The predicted octanol–water partition coefficient (Wildman–Crippen LogP) is 1.37. The lowest BCUT2D eigenvalue weighted by molar-refractivity contribution is 0.629. The van der Waals surface area contributed by atoms with Gasteiger partial charge in [-0.3, -0.25) is 9.89 Å². The van der Waals surface area contributed by atoms with Gasteiger partial charge in [0.05, 0.1) is 5.52 Å². The molecule has 3 nitrogen and oxygen atoms in total. The minimum absolute atomic E-state index is 0.159. The molecule has 0 saturated carbocycles. The van der Waals surface area contributed by atoms with Gasteiger partial charge in [0.15, 0.2) is 0 Å². The molecule has 1 N–H and O–H groups in total. The lowest BCUT2D eigenvalue weighted by Crippen LogP contribution is -2.09. The van der Waals surface area contributed by atoms with Gasteiger partial charge in [-0.2, -0.15) is 5.10 Å². The van der Waals surface area contributed by atoms with E-state index in [0.29, 0.717) is 16.6 Å². The second-order valence-electron chi connectivity index (χ2n) is 2.83. The maximum atomic E-state index is 12.7. The van der Waals surface area contributed by atoms with Crippen LogP contribution in [0.5, 0.6) is 0 Å². The summed E-state index contributed by atoms with van der Waals surface area (Å²) < 4.78 is 12.7. The summed E-state index contributed by atoms with van der Waals surface area (Å²) in [5.41, 5.74) is 0.656. The number of aromatic nitrogens is 2. The Balaban J connectivity index is 2.95. The number of hydrogen-bond donors (Lipinski definition) is 1. The topological polar surface area (TPSA) is 45.8 Å².